The number of hydrogen-bond acceptors (Lipinski definition) is 3. The minimum Gasteiger partial charge on any atom is -0.266 e. The Hall–Kier alpha value is -2.08. The fourth-order valence-electron chi connectivity index (χ4n) is 2.09. The van der Waals surface area contributed by atoms with Crippen molar-refractivity contribution in [2.75, 3.05) is 0 Å². The van der Waals surface area contributed by atoms with E-state index in [1.807, 2.05) is 0 Å². The van der Waals surface area contributed by atoms with Crippen molar-refractivity contribution in [2.24, 2.45) is 0 Å². The molecule has 7 heteroatoms. The van der Waals surface area contributed by atoms with Crippen LogP contribution < -0.4 is 0 Å². The van der Waals surface area contributed by atoms with Crippen molar-refractivity contribution in [3.63, 3.8) is 0 Å². The molecule has 102 valence electrons. The van der Waals surface area contributed by atoms with Crippen molar-refractivity contribution in [3.8, 4) is 0 Å². The molecule has 0 N–H and O–H groups in total. The second-order valence-electron chi connectivity index (χ2n) is 4.31. The Morgan fingerprint density at radius 3 is 2.60 bits per heavy atom. The third kappa shape index (κ3) is 2.12. The van der Waals surface area contributed by atoms with E-state index < -0.39 is 11.6 Å². The normalized spacial score (nSPS) is 11.2. The van der Waals surface area contributed by atoms with Crippen LogP contribution in [0.3, 0.4) is 0 Å². The average molecular weight is 295 g/mol. The maximum Gasteiger partial charge on any atom is 0.165 e. The van der Waals surface area contributed by atoms with Gasteiger partial charge in [-0.25, -0.2) is 13.8 Å². The molecule has 0 spiro atoms. The summed E-state index contributed by atoms with van der Waals surface area (Å²) in [4.78, 5) is 4.08. The van der Waals surface area contributed by atoms with Crippen LogP contribution in [0.1, 0.15) is 17.2 Å². The molecular formula is C13H9ClF2N4. The summed E-state index contributed by atoms with van der Waals surface area (Å²) in [5, 5.41) is 8.19. The molecule has 0 fully saturated rings. The molecule has 0 aliphatic heterocycles. The van der Waals surface area contributed by atoms with Gasteiger partial charge in [-0.05, 0) is 19.1 Å². The summed E-state index contributed by atoms with van der Waals surface area (Å²) in [6, 6.07) is 5.29. The van der Waals surface area contributed by atoms with E-state index in [0.717, 1.165) is 0 Å². The summed E-state index contributed by atoms with van der Waals surface area (Å²) >= 11 is 5.83. The topological polar surface area (TPSA) is 43.1 Å². The Balaban J connectivity index is 2.12. The molecule has 20 heavy (non-hydrogen) atoms. The monoisotopic (exact) mass is 294 g/mol. The van der Waals surface area contributed by atoms with Gasteiger partial charge < -0.3 is 0 Å². The molecule has 0 bridgehead atoms. The van der Waals surface area contributed by atoms with E-state index in [0.29, 0.717) is 22.4 Å². The Labute approximate surface area is 118 Å². The van der Waals surface area contributed by atoms with Gasteiger partial charge in [0.15, 0.2) is 5.65 Å². The van der Waals surface area contributed by atoms with Crippen molar-refractivity contribution in [3.05, 3.63) is 58.3 Å². The van der Waals surface area contributed by atoms with E-state index in [1.54, 1.807) is 17.4 Å². The van der Waals surface area contributed by atoms with E-state index in [4.69, 9.17) is 11.6 Å². The molecule has 4 nitrogen and oxygen atoms in total. The quantitative estimate of drug-likeness (QED) is 0.683. The average Bonchev–Trinajstić information content (AvgIpc) is 2.77. The lowest BCUT2D eigenvalue weighted by Crippen LogP contribution is -2.04. The number of aromatic nitrogens is 4. The minimum absolute atomic E-state index is 0.0101. The van der Waals surface area contributed by atoms with Gasteiger partial charge in [-0.3, -0.25) is 4.40 Å². The fraction of sp³-hybridized carbons (Fsp3) is 0.154. The fourth-order valence-corrected chi connectivity index (χ4v) is 2.31. The van der Waals surface area contributed by atoms with Crippen molar-refractivity contribution in [1.29, 1.82) is 0 Å². The zero-order chi connectivity index (χ0) is 14.3. The van der Waals surface area contributed by atoms with Crippen molar-refractivity contribution < 1.29 is 8.78 Å². The number of nitrogens with zero attached hydrogens (tertiary/aromatic N) is 4. The summed E-state index contributed by atoms with van der Waals surface area (Å²) in [5.74, 6) is -0.252. The summed E-state index contributed by atoms with van der Waals surface area (Å²) in [7, 11) is 0. The third-order valence-electron chi connectivity index (χ3n) is 2.99. The van der Waals surface area contributed by atoms with E-state index in [9.17, 15) is 8.78 Å². The summed E-state index contributed by atoms with van der Waals surface area (Å²) in [6.45, 7) is 1.73. The van der Waals surface area contributed by atoms with Crippen LogP contribution in [0.2, 0.25) is 5.15 Å². The van der Waals surface area contributed by atoms with Crippen molar-refractivity contribution in [1.82, 2.24) is 19.6 Å². The second-order valence-corrected chi connectivity index (χ2v) is 4.70. The number of benzene rings is 1. The highest BCUT2D eigenvalue weighted by Gasteiger charge is 2.15. The van der Waals surface area contributed by atoms with Gasteiger partial charge >= 0.3 is 0 Å². The second kappa shape index (κ2) is 4.79. The van der Waals surface area contributed by atoms with E-state index in [1.165, 1.54) is 18.2 Å². The molecule has 0 radical (unpaired) electrons. The standard InChI is InChI=1S/C13H9ClF2N4/c1-7-17-11(14)6-13-19-18-12(20(7)13)5-8-9(15)3-2-4-10(8)16/h2-4,6H,5H2,1H3. The molecule has 1 aromatic carbocycles. The SMILES string of the molecule is Cc1nc(Cl)cc2nnc(Cc3c(F)cccc3F)n12. The zero-order valence-electron chi connectivity index (χ0n) is 10.4. The molecule has 0 saturated heterocycles. The van der Waals surface area contributed by atoms with Gasteiger partial charge in [0.2, 0.25) is 0 Å². The predicted molar refractivity (Wildman–Crippen MR) is 69.7 cm³/mol. The highest BCUT2D eigenvalue weighted by molar-refractivity contribution is 6.29. The number of halogens is 3. The van der Waals surface area contributed by atoms with Crippen LogP contribution in [0, 0.1) is 18.6 Å². The predicted octanol–water partition coefficient (Wildman–Crippen LogP) is 2.96. The first-order valence-electron chi connectivity index (χ1n) is 5.86. The lowest BCUT2D eigenvalue weighted by molar-refractivity contribution is 0.558. The van der Waals surface area contributed by atoms with E-state index in [-0.39, 0.29) is 12.0 Å². The molecule has 2 heterocycles. The van der Waals surface area contributed by atoms with Crippen LogP contribution >= 0.6 is 11.6 Å². The van der Waals surface area contributed by atoms with Gasteiger partial charge in [0.1, 0.15) is 28.4 Å². The van der Waals surface area contributed by atoms with Crippen molar-refractivity contribution in [2.45, 2.75) is 13.3 Å². The van der Waals surface area contributed by atoms with Crippen LogP contribution in [0.4, 0.5) is 8.78 Å². The molecule has 0 aliphatic carbocycles. The van der Waals surface area contributed by atoms with Crippen LogP contribution in [-0.2, 0) is 6.42 Å². The molecule has 0 saturated carbocycles. The van der Waals surface area contributed by atoms with Crippen LogP contribution in [-0.4, -0.2) is 19.6 Å². The Morgan fingerprint density at radius 1 is 1.20 bits per heavy atom. The Morgan fingerprint density at radius 2 is 1.90 bits per heavy atom. The Kier molecular flexibility index (Phi) is 3.10. The molecule has 0 unspecified atom stereocenters. The van der Waals surface area contributed by atoms with Gasteiger partial charge in [0.05, 0.1) is 0 Å². The minimum atomic E-state index is -0.610. The van der Waals surface area contributed by atoms with E-state index >= 15 is 0 Å². The number of hydrogen-bond donors (Lipinski definition) is 0. The molecular weight excluding hydrogens is 286 g/mol. The number of aryl methyl sites for hydroxylation is 1. The molecule has 3 aromatic rings. The first-order chi connectivity index (χ1) is 9.56. The third-order valence-corrected chi connectivity index (χ3v) is 3.19. The van der Waals surface area contributed by atoms with E-state index in [2.05, 4.69) is 15.2 Å². The lowest BCUT2D eigenvalue weighted by Gasteiger charge is -2.05. The summed E-state index contributed by atoms with van der Waals surface area (Å²) in [6.07, 6.45) is -0.0101. The molecule has 2 aromatic heterocycles. The van der Waals surface area contributed by atoms with Gasteiger partial charge in [-0.2, -0.15) is 0 Å². The van der Waals surface area contributed by atoms with Gasteiger partial charge in [-0.15, -0.1) is 10.2 Å². The number of rotatable bonds is 2. The maximum atomic E-state index is 13.7. The lowest BCUT2D eigenvalue weighted by atomic mass is 10.1. The first kappa shape index (κ1) is 12.9. The maximum absolute atomic E-state index is 13.7. The Bertz CT molecular complexity index is 780. The highest BCUT2D eigenvalue weighted by Crippen LogP contribution is 2.18. The molecule has 0 amide bonds. The van der Waals surface area contributed by atoms with Crippen LogP contribution in [0.5, 0.6) is 0 Å². The highest BCUT2D eigenvalue weighted by atomic mass is 35.5. The molecule has 0 atom stereocenters. The smallest absolute Gasteiger partial charge is 0.165 e. The van der Waals surface area contributed by atoms with Crippen LogP contribution in [0.15, 0.2) is 24.3 Å². The molecule has 0 aliphatic rings. The number of fused-ring (bicyclic) bond motifs is 1. The first-order valence-corrected chi connectivity index (χ1v) is 6.24. The zero-order valence-corrected chi connectivity index (χ0v) is 11.2. The van der Waals surface area contributed by atoms with Crippen molar-refractivity contribution >= 4 is 17.2 Å². The molecule has 3 rings (SSSR count). The summed E-state index contributed by atoms with van der Waals surface area (Å²) in [5.41, 5.74) is 0.449. The van der Waals surface area contributed by atoms with Gasteiger partial charge in [-0.1, -0.05) is 17.7 Å². The largest absolute Gasteiger partial charge is 0.266 e. The van der Waals surface area contributed by atoms with Gasteiger partial charge in [0, 0.05) is 18.1 Å². The van der Waals surface area contributed by atoms with Gasteiger partial charge in [0.25, 0.3) is 0 Å². The summed E-state index contributed by atoms with van der Waals surface area (Å²) < 4.78 is 29.0. The van der Waals surface area contributed by atoms with Crippen LogP contribution in [0.25, 0.3) is 5.65 Å².